The number of aromatic nitrogens is 1. The van der Waals surface area contributed by atoms with Gasteiger partial charge in [-0.05, 0) is 78.6 Å². The molecule has 1 amide bonds. The number of Topliss-reactive ketones (excluding diaryl/α,β-unsaturated/α-hetero) is 1. The summed E-state index contributed by atoms with van der Waals surface area (Å²) in [6.45, 7) is -0.726. The van der Waals surface area contributed by atoms with Crippen LogP contribution in [0.4, 0.5) is 23.4 Å². The topological polar surface area (TPSA) is 84.2 Å². The van der Waals surface area contributed by atoms with Gasteiger partial charge >= 0.3 is 0 Å². The molecular weight excluding hydrogens is 526 g/mol. The van der Waals surface area contributed by atoms with E-state index in [0.717, 1.165) is 19.3 Å². The first kappa shape index (κ1) is 26.0. The average molecular weight is 552 g/mol. The highest BCUT2D eigenvalue weighted by Gasteiger charge is 2.57. The number of rotatable bonds is 9. The van der Waals surface area contributed by atoms with Gasteiger partial charge < -0.3 is 15.1 Å². The number of carbonyl (C=O) groups is 2. The van der Waals surface area contributed by atoms with E-state index in [1.165, 1.54) is 49.5 Å². The zero-order valence-electron chi connectivity index (χ0n) is 21.5. The molecule has 0 unspecified atom stereocenters. The number of fused-ring (bicyclic) bond motifs is 1. The molecule has 3 saturated carbocycles. The number of anilines is 1. The number of ketones is 1. The normalized spacial score (nSPS) is 19.3. The number of furan rings is 1. The first-order valence-corrected chi connectivity index (χ1v) is 13.0. The van der Waals surface area contributed by atoms with Crippen LogP contribution >= 0.6 is 0 Å². The smallest absolute Gasteiger partial charge is 0.255 e. The van der Waals surface area contributed by atoms with Crippen LogP contribution in [0.1, 0.15) is 46.4 Å². The Morgan fingerprint density at radius 2 is 1.75 bits per heavy atom. The molecule has 10 heteroatoms. The Balaban J connectivity index is 1.49. The third kappa shape index (κ3) is 4.51. The van der Waals surface area contributed by atoms with Gasteiger partial charge in [0.2, 0.25) is 5.71 Å². The summed E-state index contributed by atoms with van der Waals surface area (Å²) in [5, 5.41) is 5.42. The number of amides is 1. The van der Waals surface area contributed by atoms with Gasteiger partial charge in [-0.25, -0.2) is 17.6 Å². The molecule has 0 aliphatic heterocycles. The lowest BCUT2D eigenvalue weighted by molar-refractivity contribution is -0.103. The maximum absolute atomic E-state index is 14.8. The van der Waals surface area contributed by atoms with Crippen LogP contribution in [0, 0.1) is 23.0 Å². The lowest BCUT2D eigenvalue weighted by Gasteiger charge is -2.62. The van der Waals surface area contributed by atoms with Gasteiger partial charge in [0.15, 0.2) is 5.78 Å². The molecule has 206 valence electrons. The van der Waals surface area contributed by atoms with Crippen LogP contribution in [0.25, 0.3) is 33.6 Å². The van der Waals surface area contributed by atoms with Gasteiger partial charge in [0.25, 0.3) is 12.3 Å². The first-order chi connectivity index (χ1) is 19.2. The van der Waals surface area contributed by atoms with Crippen LogP contribution in [-0.2, 0) is 0 Å². The lowest BCUT2D eigenvalue weighted by Crippen LogP contribution is -2.52. The molecule has 0 saturated heterocycles. The number of nitrogens with one attached hydrogen (secondary N) is 2. The summed E-state index contributed by atoms with van der Waals surface area (Å²) in [5.41, 5.74) is 1.05. The van der Waals surface area contributed by atoms with E-state index in [-0.39, 0.29) is 57.0 Å². The van der Waals surface area contributed by atoms with Crippen molar-refractivity contribution in [3.63, 3.8) is 0 Å². The highest BCUT2D eigenvalue weighted by Crippen LogP contribution is 2.66. The van der Waals surface area contributed by atoms with Crippen molar-refractivity contribution in [3.05, 3.63) is 71.3 Å². The van der Waals surface area contributed by atoms with E-state index in [4.69, 9.17) is 4.42 Å². The van der Waals surface area contributed by atoms with E-state index >= 15 is 0 Å². The summed E-state index contributed by atoms with van der Waals surface area (Å²) in [4.78, 5) is 30.5. The summed E-state index contributed by atoms with van der Waals surface area (Å²) < 4.78 is 60.7. The second-order valence-corrected chi connectivity index (χ2v) is 10.7. The number of hydrogen-bond donors (Lipinski definition) is 2. The van der Waals surface area contributed by atoms with Crippen molar-refractivity contribution in [3.8, 4) is 22.5 Å². The van der Waals surface area contributed by atoms with Gasteiger partial charge in [-0.3, -0.25) is 9.59 Å². The van der Waals surface area contributed by atoms with Crippen molar-refractivity contribution in [2.45, 2.75) is 32.1 Å². The Hall–Kier alpha value is -4.21. The second kappa shape index (κ2) is 9.76. The Morgan fingerprint density at radius 3 is 2.38 bits per heavy atom. The number of hydrogen-bond acceptors (Lipinski definition) is 5. The van der Waals surface area contributed by atoms with Crippen molar-refractivity contribution in [1.82, 2.24) is 10.3 Å². The largest absolute Gasteiger partial charge is 0.437 e. The molecule has 0 atom stereocenters. The van der Waals surface area contributed by atoms with Gasteiger partial charge in [0.1, 0.15) is 23.2 Å². The zero-order chi connectivity index (χ0) is 28.2. The monoisotopic (exact) mass is 551 g/mol. The third-order valence-corrected chi connectivity index (χ3v) is 7.95. The Morgan fingerprint density at radius 1 is 1.05 bits per heavy atom. The third-order valence-electron chi connectivity index (χ3n) is 7.95. The molecule has 6 nitrogen and oxygen atoms in total. The molecule has 3 aliphatic rings. The maximum atomic E-state index is 14.8. The molecule has 2 N–H and O–H groups in total. The van der Waals surface area contributed by atoms with Crippen LogP contribution in [0.3, 0.4) is 0 Å². The van der Waals surface area contributed by atoms with Gasteiger partial charge in [-0.2, -0.15) is 4.98 Å². The summed E-state index contributed by atoms with van der Waals surface area (Å²) in [7, 11) is 1.44. The van der Waals surface area contributed by atoms with E-state index in [1.54, 1.807) is 6.07 Å². The summed E-state index contributed by atoms with van der Waals surface area (Å²) in [6, 6.07) is 10.9. The minimum absolute atomic E-state index is 0.0135. The van der Waals surface area contributed by atoms with Crippen molar-refractivity contribution in [1.29, 1.82) is 0 Å². The van der Waals surface area contributed by atoms with E-state index in [9.17, 15) is 27.2 Å². The molecule has 2 aromatic heterocycles. The number of benzene rings is 2. The molecule has 3 aliphatic carbocycles. The Kier molecular flexibility index (Phi) is 6.35. The van der Waals surface area contributed by atoms with Crippen LogP contribution < -0.4 is 10.6 Å². The minimum atomic E-state index is -2.70. The number of carbonyl (C=O) groups excluding carboxylic acids is 2. The van der Waals surface area contributed by atoms with E-state index in [2.05, 4.69) is 15.6 Å². The van der Waals surface area contributed by atoms with Crippen LogP contribution in [0.5, 0.6) is 0 Å². The molecule has 2 bridgehead atoms. The van der Waals surface area contributed by atoms with Crippen molar-refractivity contribution >= 4 is 28.6 Å². The molecule has 0 spiro atoms. The predicted octanol–water partition coefficient (Wildman–Crippen LogP) is 6.85. The van der Waals surface area contributed by atoms with E-state index in [0.29, 0.717) is 17.0 Å². The molecule has 7 rings (SSSR count). The van der Waals surface area contributed by atoms with E-state index in [1.807, 2.05) is 0 Å². The summed E-state index contributed by atoms with van der Waals surface area (Å²) in [5.74, 6) is -1.14. The number of halogens is 4. The van der Waals surface area contributed by atoms with Crippen LogP contribution in [0.2, 0.25) is 0 Å². The van der Waals surface area contributed by atoms with Crippen molar-refractivity contribution in [2.75, 3.05) is 18.9 Å². The summed E-state index contributed by atoms with van der Waals surface area (Å²) in [6.07, 6.45) is 0.530. The number of nitrogens with zero attached hydrogens (tertiary/aromatic N) is 1. The second-order valence-electron chi connectivity index (χ2n) is 10.7. The maximum Gasteiger partial charge on any atom is 0.255 e. The fourth-order valence-corrected chi connectivity index (χ4v) is 5.92. The lowest BCUT2D eigenvalue weighted by atomic mass is 9.43. The number of alkyl halides is 2. The highest BCUT2D eigenvalue weighted by atomic mass is 19.3. The van der Waals surface area contributed by atoms with Crippen LogP contribution in [-0.4, -0.2) is 36.7 Å². The zero-order valence-corrected chi connectivity index (χ0v) is 21.5. The molecule has 40 heavy (non-hydrogen) atoms. The Bertz CT molecular complexity index is 1630. The van der Waals surface area contributed by atoms with Gasteiger partial charge in [0.05, 0.1) is 23.1 Å². The van der Waals surface area contributed by atoms with Crippen LogP contribution in [0.15, 0.2) is 52.9 Å². The van der Waals surface area contributed by atoms with Crippen molar-refractivity contribution in [2.24, 2.45) is 11.3 Å². The first-order valence-electron chi connectivity index (χ1n) is 13.0. The van der Waals surface area contributed by atoms with Crippen molar-refractivity contribution < 1.29 is 31.6 Å². The molecule has 3 fully saturated rings. The molecule has 4 aromatic rings. The number of pyridine rings is 1. The fraction of sp³-hybridized carbons (Fsp3) is 0.300. The minimum Gasteiger partial charge on any atom is -0.437 e. The van der Waals surface area contributed by atoms with Gasteiger partial charge in [-0.15, -0.1) is 0 Å². The SMILES string of the molecule is CNC(=O)c1c(-c2ccc(F)cc2)oc2nc(NCC(F)F)c(-c3ccc(F)c(C(=O)CC45CC(C4)C5)c3)cc12. The van der Waals surface area contributed by atoms with Gasteiger partial charge in [0, 0.05) is 24.6 Å². The van der Waals surface area contributed by atoms with Gasteiger partial charge in [-0.1, -0.05) is 6.07 Å². The fourth-order valence-electron chi connectivity index (χ4n) is 5.92. The predicted molar refractivity (Wildman–Crippen MR) is 141 cm³/mol. The molecule has 0 radical (unpaired) electrons. The Labute approximate surface area is 226 Å². The standard InChI is InChI=1S/C30H25F4N3O3/c1-35-28(39)25-21-9-19(17-4-7-22(32)20(8-17)23(38)13-30-10-15(11-30)12-30)27(36-14-24(33)34)37-29(21)40-26(25)16-2-5-18(31)6-3-16/h2-9,15,24H,10-14H2,1H3,(H,35,39)(H,36,37). The van der Waals surface area contributed by atoms with E-state index < -0.39 is 30.5 Å². The highest BCUT2D eigenvalue weighted by molar-refractivity contribution is 6.11. The average Bonchev–Trinajstić information content (AvgIpc) is 3.26. The molecular formula is C30H25F4N3O3. The quantitative estimate of drug-likeness (QED) is 0.176. The molecule has 2 heterocycles. The summed E-state index contributed by atoms with van der Waals surface area (Å²) >= 11 is 0. The molecule has 2 aromatic carbocycles.